The maximum atomic E-state index is 13.1. The summed E-state index contributed by atoms with van der Waals surface area (Å²) in [5.74, 6) is 2.32. The standard InChI is InChI=1S/C23H32N4OS/c1-16(2)21-24-25-23(27(21)20-9-10-20)29-17(3)22(28)26-13-11-19(12-14-26)15-18-7-5-4-6-8-18/h4-8,16-17,19-20H,9-15H2,1-3H3/t17-/m1/s1. The minimum absolute atomic E-state index is 0.123. The molecule has 4 rings (SSSR count). The molecule has 5 nitrogen and oxygen atoms in total. The molecule has 1 aliphatic heterocycles. The smallest absolute Gasteiger partial charge is 0.235 e. The lowest BCUT2D eigenvalue weighted by Gasteiger charge is -2.33. The Morgan fingerprint density at radius 1 is 1.07 bits per heavy atom. The van der Waals surface area contributed by atoms with Gasteiger partial charge >= 0.3 is 0 Å². The molecule has 2 fully saturated rings. The van der Waals surface area contributed by atoms with E-state index < -0.39 is 0 Å². The Hall–Kier alpha value is -1.82. The highest BCUT2D eigenvalue weighted by molar-refractivity contribution is 8.00. The molecule has 29 heavy (non-hydrogen) atoms. The minimum Gasteiger partial charge on any atom is -0.342 e. The van der Waals surface area contributed by atoms with Gasteiger partial charge < -0.3 is 9.47 Å². The third kappa shape index (κ3) is 4.85. The molecule has 0 N–H and O–H groups in total. The van der Waals surface area contributed by atoms with Gasteiger partial charge in [-0.15, -0.1) is 10.2 Å². The van der Waals surface area contributed by atoms with Crippen molar-refractivity contribution in [2.24, 2.45) is 5.92 Å². The van der Waals surface area contributed by atoms with Gasteiger partial charge in [-0.05, 0) is 50.5 Å². The summed E-state index contributed by atoms with van der Waals surface area (Å²) in [5.41, 5.74) is 1.40. The maximum Gasteiger partial charge on any atom is 0.235 e. The number of rotatable bonds is 7. The zero-order valence-electron chi connectivity index (χ0n) is 17.8. The summed E-state index contributed by atoms with van der Waals surface area (Å²) in [7, 11) is 0. The van der Waals surface area contributed by atoms with Crippen LogP contribution in [0.15, 0.2) is 35.5 Å². The average molecular weight is 413 g/mol. The normalized spacial score (nSPS) is 19.0. The topological polar surface area (TPSA) is 51.0 Å². The van der Waals surface area contributed by atoms with Crippen LogP contribution < -0.4 is 0 Å². The van der Waals surface area contributed by atoms with E-state index in [0.717, 1.165) is 43.3 Å². The average Bonchev–Trinajstić information content (AvgIpc) is 3.48. The third-order valence-electron chi connectivity index (χ3n) is 6.04. The van der Waals surface area contributed by atoms with Crippen molar-refractivity contribution in [2.45, 2.75) is 75.2 Å². The van der Waals surface area contributed by atoms with Gasteiger partial charge in [0.25, 0.3) is 0 Å². The number of nitrogens with zero attached hydrogens (tertiary/aromatic N) is 4. The Labute approximate surface area is 178 Å². The number of piperidine rings is 1. The molecule has 1 aromatic carbocycles. The van der Waals surface area contributed by atoms with E-state index in [1.807, 2.05) is 6.92 Å². The van der Waals surface area contributed by atoms with Gasteiger partial charge in [-0.25, -0.2) is 0 Å². The molecule has 1 aromatic heterocycles. The number of carbonyl (C=O) groups is 1. The Kier molecular flexibility index (Phi) is 6.28. The molecule has 2 aromatic rings. The molecule has 6 heteroatoms. The van der Waals surface area contributed by atoms with Crippen LogP contribution in [0.4, 0.5) is 0 Å². The first-order valence-corrected chi connectivity index (χ1v) is 11.8. The molecule has 0 bridgehead atoms. The van der Waals surface area contributed by atoms with Crippen LogP contribution >= 0.6 is 11.8 Å². The monoisotopic (exact) mass is 412 g/mol. The van der Waals surface area contributed by atoms with Crippen LogP contribution in [0.5, 0.6) is 0 Å². The van der Waals surface area contributed by atoms with E-state index >= 15 is 0 Å². The van der Waals surface area contributed by atoms with Crippen LogP contribution in [-0.2, 0) is 11.2 Å². The van der Waals surface area contributed by atoms with Crippen molar-refractivity contribution < 1.29 is 4.79 Å². The van der Waals surface area contributed by atoms with Crippen molar-refractivity contribution in [3.8, 4) is 0 Å². The Morgan fingerprint density at radius 2 is 1.76 bits per heavy atom. The lowest BCUT2D eigenvalue weighted by Crippen LogP contribution is -2.42. The fourth-order valence-electron chi connectivity index (χ4n) is 4.21. The molecule has 0 spiro atoms. The largest absolute Gasteiger partial charge is 0.342 e. The number of thioether (sulfide) groups is 1. The van der Waals surface area contributed by atoms with Gasteiger partial charge in [-0.1, -0.05) is 55.9 Å². The fraction of sp³-hybridized carbons (Fsp3) is 0.609. The van der Waals surface area contributed by atoms with E-state index in [0.29, 0.717) is 17.9 Å². The molecule has 1 saturated carbocycles. The number of hydrogen-bond donors (Lipinski definition) is 0. The Morgan fingerprint density at radius 3 is 2.38 bits per heavy atom. The van der Waals surface area contributed by atoms with Crippen molar-refractivity contribution in [1.82, 2.24) is 19.7 Å². The maximum absolute atomic E-state index is 13.1. The third-order valence-corrected chi connectivity index (χ3v) is 7.09. The van der Waals surface area contributed by atoms with Gasteiger partial charge in [0.2, 0.25) is 5.91 Å². The van der Waals surface area contributed by atoms with E-state index in [1.54, 1.807) is 11.8 Å². The van der Waals surface area contributed by atoms with Gasteiger partial charge in [0.15, 0.2) is 5.16 Å². The molecule has 1 saturated heterocycles. The molecule has 0 radical (unpaired) electrons. The molecular formula is C23H32N4OS. The number of amides is 1. The van der Waals surface area contributed by atoms with Crippen LogP contribution in [0.3, 0.4) is 0 Å². The highest BCUT2D eigenvalue weighted by Gasteiger charge is 2.33. The van der Waals surface area contributed by atoms with Crippen molar-refractivity contribution in [1.29, 1.82) is 0 Å². The highest BCUT2D eigenvalue weighted by atomic mass is 32.2. The van der Waals surface area contributed by atoms with Crippen LogP contribution in [0.2, 0.25) is 0 Å². The number of likely N-dealkylation sites (tertiary alicyclic amines) is 1. The first-order chi connectivity index (χ1) is 14.0. The van der Waals surface area contributed by atoms with Crippen molar-refractivity contribution >= 4 is 17.7 Å². The summed E-state index contributed by atoms with van der Waals surface area (Å²) in [6.07, 6.45) is 5.70. The fourth-order valence-corrected chi connectivity index (χ4v) is 5.22. The molecule has 1 amide bonds. The molecule has 2 heterocycles. The molecule has 156 valence electrons. The predicted molar refractivity (Wildman–Crippen MR) is 117 cm³/mol. The predicted octanol–water partition coefficient (Wildman–Crippen LogP) is 4.70. The number of benzene rings is 1. The summed E-state index contributed by atoms with van der Waals surface area (Å²) >= 11 is 1.58. The number of aromatic nitrogens is 3. The van der Waals surface area contributed by atoms with Crippen LogP contribution in [0.1, 0.15) is 69.8 Å². The van der Waals surface area contributed by atoms with Gasteiger partial charge in [0, 0.05) is 25.0 Å². The summed E-state index contributed by atoms with van der Waals surface area (Å²) in [6.45, 7) is 8.07. The van der Waals surface area contributed by atoms with Gasteiger partial charge in [-0.2, -0.15) is 0 Å². The first kappa shape index (κ1) is 20.5. The van der Waals surface area contributed by atoms with E-state index in [9.17, 15) is 4.79 Å². The zero-order chi connectivity index (χ0) is 20.4. The minimum atomic E-state index is -0.123. The van der Waals surface area contributed by atoms with Crippen LogP contribution in [-0.4, -0.2) is 43.9 Å². The lowest BCUT2D eigenvalue weighted by atomic mass is 9.90. The van der Waals surface area contributed by atoms with Crippen LogP contribution in [0.25, 0.3) is 0 Å². The van der Waals surface area contributed by atoms with E-state index in [4.69, 9.17) is 0 Å². The second-order valence-electron chi connectivity index (χ2n) is 8.82. The molecule has 0 unspecified atom stereocenters. The first-order valence-electron chi connectivity index (χ1n) is 11.0. The van der Waals surface area contributed by atoms with Crippen molar-refractivity contribution in [3.05, 3.63) is 41.7 Å². The van der Waals surface area contributed by atoms with E-state index in [2.05, 4.69) is 63.8 Å². The second-order valence-corrected chi connectivity index (χ2v) is 10.1. The molecular weight excluding hydrogens is 380 g/mol. The van der Waals surface area contributed by atoms with Crippen LogP contribution in [0, 0.1) is 5.92 Å². The second kappa shape index (κ2) is 8.90. The Bertz CT molecular complexity index is 823. The van der Waals surface area contributed by atoms with Gasteiger partial charge in [-0.3, -0.25) is 4.79 Å². The summed E-state index contributed by atoms with van der Waals surface area (Å²) in [5, 5.41) is 9.64. The van der Waals surface area contributed by atoms with Crippen molar-refractivity contribution in [3.63, 3.8) is 0 Å². The number of hydrogen-bond acceptors (Lipinski definition) is 4. The number of carbonyl (C=O) groups excluding carboxylic acids is 1. The quantitative estimate of drug-likeness (QED) is 0.619. The zero-order valence-corrected chi connectivity index (χ0v) is 18.6. The lowest BCUT2D eigenvalue weighted by molar-refractivity contribution is -0.131. The van der Waals surface area contributed by atoms with E-state index in [-0.39, 0.29) is 11.2 Å². The summed E-state index contributed by atoms with van der Waals surface area (Å²) in [4.78, 5) is 15.1. The van der Waals surface area contributed by atoms with Gasteiger partial charge in [0.1, 0.15) is 5.82 Å². The molecule has 2 aliphatic rings. The van der Waals surface area contributed by atoms with Gasteiger partial charge in [0.05, 0.1) is 5.25 Å². The highest BCUT2D eigenvalue weighted by Crippen LogP contribution is 2.41. The molecule has 1 atom stereocenters. The SMILES string of the molecule is CC(C)c1nnc(S[C@H](C)C(=O)N2CCC(Cc3ccccc3)CC2)n1C1CC1. The summed E-state index contributed by atoms with van der Waals surface area (Å²) in [6, 6.07) is 11.2. The molecule has 1 aliphatic carbocycles. The Balaban J connectivity index is 1.32. The van der Waals surface area contributed by atoms with Crippen molar-refractivity contribution in [2.75, 3.05) is 13.1 Å². The van der Waals surface area contributed by atoms with E-state index in [1.165, 1.54) is 18.4 Å². The summed E-state index contributed by atoms with van der Waals surface area (Å²) < 4.78 is 2.28.